The van der Waals surface area contributed by atoms with Gasteiger partial charge in [0.15, 0.2) is 11.0 Å². The molecule has 0 fully saturated rings. The molecule has 0 aliphatic rings. The third kappa shape index (κ3) is 2.46. The number of nitrogens with one attached hydrogen (secondary N) is 1. The fraction of sp³-hybridized carbons (Fsp3) is 0. The Morgan fingerprint density at radius 2 is 1.94 bits per heavy atom. The Kier molecular flexibility index (Phi) is 3.65. The second-order valence-corrected chi connectivity index (χ2v) is 4.37. The van der Waals surface area contributed by atoms with Crippen LogP contribution in [0.25, 0.3) is 0 Å². The monoisotopic (exact) mass is 298 g/mol. The van der Waals surface area contributed by atoms with Crippen LogP contribution in [-0.2, 0) is 0 Å². The molecular formula is C8H7BrN6S. The van der Waals surface area contributed by atoms with Crippen molar-refractivity contribution in [1.29, 1.82) is 0 Å². The number of nitrogens with zero attached hydrogens (tertiary/aromatic N) is 4. The van der Waals surface area contributed by atoms with Gasteiger partial charge >= 0.3 is 0 Å². The Bertz CT molecular complexity index is 479. The second kappa shape index (κ2) is 5.19. The highest BCUT2D eigenvalue weighted by molar-refractivity contribution is 9.10. The van der Waals surface area contributed by atoms with Crippen molar-refractivity contribution in [2.24, 2.45) is 5.84 Å². The molecule has 0 unspecified atom stereocenters. The van der Waals surface area contributed by atoms with Gasteiger partial charge in [-0.2, -0.15) is 0 Å². The Morgan fingerprint density at radius 3 is 2.62 bits per heavy atom. The van der Waals surface area contributed by atoms with Gasteiger partial charge in [-0.1, -0.05) is 0 Å². The van der Waals surface area contributed by atoms with Gasteiger partial charge < -0.3 is 5.43 Å². The number of rotatable bonds is 3. The van der Waals surface area contributed by atoms with Gasteiger partial charge in [0.25, 0.3) is 0 Å². The highest BCUT2D eigenvalue weighted by Gasteiger charge is 2.10. The van der Waals surface area contributed by atoms with E-state index in [-0.39, 0.29) is 0 Å². The second-order valence-electron chi connectivity index (χ2n) is 2.62. The average Bonchev–Trinajstić information content (AvgIpc) is 2.33. The molecule has 0 saturated heterocycles. The summed E-state index contributed by atoms with van der Waals surface area (Å²) in [6.45, 7) is 0. The van der Waals surface area contributed by atoms with Crippen LogP contribution in [0.2, 0.25) is 0 Å². The van der Waals surface area contributed by atoms with E-state index >= 15 is 0 Å². The number of halogens is 1. The Morgan fingerprint density at radius 1 is 1.19 bits per heavy atom. The van der Waals surface area contributed by atoms with Crippen molar-refractivity contribution in [3.63, 3.8) is 0 Å². The quantitative estimate of drug-likeness (QED) is 0.384. The molecular weight excluding hydrogens is 292 g/mol. The van der Waals surface area contributed by atoms with Crippen LogP contribution in [0, 0.1) is 0 Å². The lowest BCUT2D eigenvalue weighted by molar-refractivity contribution is 0.950. The maximum Gasteiger partial charge on any atom is 0.193 e. The van der Waals surface area contributed by atoms with Crippen LogP contribution in [0.5, 0.6) is 0 Å². The maximum atomic E-state index is 5.30. The van der Waals surface area contributed by atoms with E-state index in [1.165, 1.54) is 18.1 Å². The summed E-state index contributed by atoms with van der Waals surface area (Å²) in [7, 11) is 0. The van der Waals surface area contributed by atoms with Crippen LogP contribution in [0.1, 0.15) is 0 Å². The summed E-state index contributed by atoms with van der Waals surface area (Å²) < 4.78 is 0.690. The molecule has 16 heavy (non-hydrogen) atoms. The molecule has 0 aliphatic carbocycles. The molecule has 0 spiro atoms. The van der Waals surface area contributed by atoms with E-state index in [2.05, 4.69) is 41.3 Å². The first-order chi connectivity index (χ1) is 7.81. The van der Waals surface area contributed by atoms with Crippen LogP contribution < -0.4 is 11.3 Å². The Hall–Kier alpha value is -1.25. The summed E-state index contributed by atoms with van der Waals surface area (Å²) in [5, 5.41) is 1.32. The van der Waals surface area contributed by atoms with Crippen molar-refractivity contribution in [1.82, 2.24) is 19.9 Å². The van der Waals surface area contributed by atoms with E-state index in [0.717, 1.165) is 0 Å². The lowest BCUT2D eigenvalue weighted by atomic mass is 10.6. The summed E-state index contributed by atoms with van der Waals surface area (Å²) in [6.07, 6.45) is 4.77. The van der Waals surface area contributed by atoms with Crippen molar-refractivity contribution in [2.75, 3.05) is 5.43 Å². The summed E-state index contributed by atoms with van der Waals surface area (Å²) in [4.78, 5) is 16.2. The first-order valence-corrected chi connectivity index (χ1v) is 5.84. The van der Waals surface area contributed by atoms with Gasteiger partial charge in [0, 0.05) is 12.4 Å². The highest BCUT2D eigenvalue weighted by Crippen LogP contribution is 2.32. The molecule has 82 valence electrons. The third-order valence-electron chi connectivity index (χ3n) is 1.62. The zero-order valence-corrected chi connectivity index (χ0v) is 10.4. The topological polar surface area (TPSA) is 89.6 Å². The maximum absolute atomic E-state index is 5.30. The smallest absolute Gasteiger partial charge is 0.193 e. The molecule has 3 N–H and O–H groups in total. The molecule has 2 aromatic heterocycles. The Balaban J connectivity index is 2.28. The number of aromatic nitrogens is 4. The van der Waals surface area contributed by atoms with Gasteiger partial charge in [0.2, 0.25) is 0 Å². The molecule has 6 nitrogen and oxygen atoms in total. The zero-order valence-electron chi connectivity index (χ0n) is 7.96. The van der Waals surface area contributed by atoms with E-state index < -0.39 is 0 Å². The summed E-state index contributed by atoms with van der Waals surface area (Å²) >= 11 is 4.68. The fourth-order valence-corrected chi connectivity index (χ4v) is 2.20. The van der Waals surface area contributed by atoms with Crippen LogP contribution >= 0.6 is 27.7 Å². The van der Waals surface area contributed by atoms with Crippen LogP contribution in [0.15, 0.2) is 39.4 Å². The predicted molar refractivity (Wildman–Crippen MR) is 63.7 cm³/mol. The first-order valence-electron chi connectivity index (χ1n) is 4.23. The van der Waals surface area contributed by atoms with E-state index in [0.29, 0.717) is 20.5 Å². The van der Waals surface area contributed by atoms with Crippen molar-refractivity contribution >= 4 is 33.5 Å². The highest BCUT2D eigenvalue weighted by atomic mass is 79.9. The first kappa shape index (κ1) is 11.2. The van der Waals surface area contributed by atoms with Gasteiger partial charge in [-0.05, 0) is 33.8 Å². The van der Waals surface area contributed by atoms with Crippen LogP contribution in [0.4, 0.5) is 5.82 Å². The summed E-state index contributed by atoms with van der Waals surface area (Å²) in [5.74, 6) is 5.82. The van der Waals surface area contributed by atoms with Crippen LogP contribution in [0.3, 0.4) is 0 Å². The van der Waals surface area contributed by atoms with Gasteiger partial charge in [0.1, 0.15) is 11.4 Å². The summed E-state index contributed by atoms with van der Waals surface area (Å²) in [5.41, 5.74) is 2.47. The lowest BCUT2D eigenvalue weighted by Gasteiger charge is -2.05. The van der Waals surface area contributed by atoms with Crippen molar-refractivity contribution in [3.8, 4) is 0 Å². The van der Waals surface area contributed by atoms with Gasteiger partial charge in [-0.3, -0.25) is 0 Å². The minimum absolute atomic E-state index is 0.522. The molecule has 0 radical (unpaired) electrons. The standard InChI is InChI=1S/C8H7BrN6S/c9-5-6(15-10)13-4-14-7(5)16-8-11-2-1-3-12-8/h1-4H,10H2,(H,13,14,15). The van der Waals surface area contributed by atoms with E-state index in [1.807, 2.05) is 0 Å². The average molecular weight is 299 g/mol. The number of nitrogens with two attached hydrogens (primary N) is 1. The molecule has 0 atom stereocenters. The van der Waals surface area contributed by atoms with E-state index in [9.17, 15) is 0 Å². The molecule has 0 bridgehead atoms. The minimum atomic E-state index is 0.522. The molecule has 2 rings (SSSR count). The summed E-state index contributed by atoms with van der Waals surface area (Å²) in [6, 6.07) is 1.76. The SMILES string of the molecule is NNc1ncnc(Sc2ncccn2)c1Br. The number of hydrogen-bond acceptors (Lipinski definition) is 7. The third-order valence-corrected chi connectivity index (χ3v) is 3.53. The van der Waals surface area contributed by atoms with Gasteiger partial charge in [0.05, 0.1) is 4.47 Å². The normalized spacial score (nSPS) is 10.1. The van der Waals surface area contributed by atoms with Crippen LogP contribution in [-0.4, -0.2) is 19.9 Å². The molecule has 0 aliphatic heterocycles. The van der Waals surface area contributed by atoms with Gasteiger partial charge in [-0.15, -0.1) is 0 Å². The van der Waals surface area contributed by atoms with Crippen molar-refractivity contribution in [3.05, 3.63) is 29.3 Å². The molecule has 2 heterocycles. The Labute approximate surface area is 104 Å². The minimum Gasteiger partial charge on any atom is -0.307 e. The largest absolute Gasteiger partial charge is 0.307 e. The van der Waals surface area contributed by atoms with Gasteiger partial charge in [-0.25, -0.2) is 25.8 Å². The number of nitrogen functional groups attached to an aromatic ring is 1. The number of anilines is 1. The molecule has 0 aromatic carbocycles. The number of hydrazine groups is 1. The molecule has 0 amide bonds. The fourth-order valence-electron chi connectivity index (χ4n) is 0.950. The lowest BCUT2D eigenvalue weighted by Crippen LogP contribution is -2.09. The van der Waals surface area contributed by atoms with Crippen molar-refractivity contribution in [2.45, 2.75) is 10.2 Å². The van der Waals surface area contributed by atoms with Crippen molar-refractivity contribution < 1.29 is 0 Å². The zero-order chi connectivity index (χ0) is 11.4. The predicted octanol–water partition coefficient (Wildman–Crippen LogP) is 1.47. The van der Waals surface area contributed by atoms with E-state index in [4.69, 9.17) is 5.84 Å². The molecule has 2 aromatic rings. The molecule has 0 saturated carbocycles. The van der Waals surface area contributed by atoms with E-state index in [1.54, 1.807) is 18.5 Å². The number of hydrogen-bond donors (Lipinski definition) is 2. The molecule has 8 heteroatoms.